The number of hydrogen-bond donors (Lipinski definition) is 1. The van der Waals surface area contributed by atoms with Crippen molar-refractivity contribution < 1.29 is 45.9 Å². The van der Waals surface area contributed by atoms with Crippen LogP contribution in [-0.2, 0) is 29.2 Å². The van der Waals surface area contributed by atoms with Gasteiger partial charge >= 0.3 is 17.4 Å². The zero-order chi connectivity index (χ0) is 15.7. The fraction of sp³-hybridized carbons (Fsp3) is 0.800. The standard InChI is InChI=1S/C10H10F2O8S/c11-10(12,21(16,17)18)20-9(15)4-2-1-3-5(4)8(14)19-7(3)6(2)13/h2-7,13H,1H2,(H,16,17,18)/p-1. The van der Waals surface area contributed by atoms with Crippen LogP contribution < -0.4 is 0 Å². The Bertz CT molecular complexity index is 617. The molecule has 1 heterocycles. The lowest BCUT2D eigenvalue weighted by Crippen LogP contribution is -2.44. The monoisotopic (exact) mass is 327 g/mol. The van der Waals surface area contributed by atoms with Crippen LogP contribution >= 0.6 is 0 Å². The van der Waals surface area contributed by atoms with Crippen LogP contribution in [0.25, 0.3) is 0 Å². The minimum absolute atomic E-state index is 0.206. The summed E-state index contributed by atoms with van der Waals surface area (Å²) in [6.07, 6.45) is -1.77. The Labute approximate surface area is 116 Å². The highest BCUT2D eigenvalue weighted by molar-refractivity contribution is 7.86. The largest absolute Gasteiger partial charge is 0.740 e. The Morgan fingerprint density at radius 3 is 2.62 bits per heavy atom. The van der Waals surface area contributed by atoms with Gasteiger partial charge in [0.25, 0.3) is 0 Å². The first kappa shape index (κ1) is 14.6. The number of carbonyl (C=O) groups is 2. The molecule has 2 aliphatic carbocycles. The SMILES string of the molecule is O=C(OC(F)(F)S(=O)(=O)[O-])C1C2CC3C(OC(=O)C31)C2O. The Morgan fingerprint density at radius 2 is 2.05 bits per heavy atom. The van der Waals surface area contributed by atoms with Crippen molar-refractivity contribution in [3.8, 4) is 0 Å². The quantitative estimate of drug-likeness (QED) is 0.505. The Balaban J connectivity index is 1.85. The van der Waals surface area contributed by atoms with Crippen LogP contribution in [0.5, 0.6) is 0 Å². The number of aliphatic hydroxyl groups is 1. The van der Waals surface area contributed by atoms with Gasteiger partial charge < -0.3 is 19.1 Å². The summed E-state index contributed by atoms with van der Waals surface area (Å²) in [5, 5.41) is 9.85. The van der Waals surface area contributed by atoms with Crippen LogP contribution in [0.2, 0.25) is 0 Å². The van der Waals surface area contributed by atoms with E-state index in [4.69, 9.17) is 4.74 Å². The lowest BCUT2D eigenvalue weighted by atomic mass is 9.78. The first-order valence-electron chi connectivity index (χ1n) is 5.99. The van der Waals surface area contributed by atoms with Crippen molar-refractivity contribution in [2.24, 2.45) is 23.7 Å². The molecule has 3 fully saturated rings. The van der Waals surface area contributed by atoms with Crippen molar-refractivity contribution in [1.82, 2.24) is 0 Å². The van der Waals surface area contributed by atoms with E-state index < -0.39 is 63.4 Å². The molecule has 6 atom stereocenters. The summed E-state index contributed by atoms with van der Waals surface area (Å²) in [5.41, 5.74) is -5.22. The highest BCUT2D eigenvalue weighted by Crippen LogP contribution is 2.58. The Hall–Kier alpha value is -1.33. The average Bonchev–Trinajstić information content (AvgIpc) is 2.90. The van der Waals surface area contributed by atoms with Gasteiger partial charge in [0.2, 0.25) is 10.1 Å². The smallest absolute Gasteiger partial charge is 0.499 e. The van der Waals surface area contributed by atoms with Gasteiger partial charge in [0.1, 0.15) is 6.10 Å². The van der Waals surface area contributed by atoms with Gasteiger partial charge in [0, 0.05) is 11.8 Å². The first-order chi connectivity index (χ1) is 9.54. The molecule has 21 heavy (non-hydrogen) atoms. The van der Waals surface area contributed by atoms with Gasteiger partial charge in [-0.25, -0.2) is 8.42 Å². The zero-order valence-corrected chi connectivity index (χ0v) is 11.0. The van der Waals surface area contributed by atoms with Crippen LogP contribution in [0.15, 0.2) is 0 Å². The lowest BCUT2D eigenvalue weighted by molar-refractivity contribution is -0.203. The molecular weight excluding hydrogens is 318 g/mol. The molecule has 0 amide bonds. The fourth-order valence-corrected chi connectivity index (χ4v) is 3.76. The summed E-state index contributed by atoms with van der Waals surface area (Å²) in [7, 11) is -6.19. The number of fused-ring (bicyclic) bond motifs is 1. The van der Waals surface area contributed by atoms with E-state index in [1.807, 2.05) is 0 Å². The molecule has 0 aromatic heterocycles. The molecule has 1 saturated heterocycles. The maximum absolute atomic E-state index is 13.0. The summed E-state index contributed by atoms with van der Waals surface area (Å²) >= 11 is 0. The maximum Gasteiger partial charge on any atom is 0.499 e. The maximum atomic E-state index is 13.0. The van der Waals surface area contributed by atoms with Gasteiger partial charge in [-0.2, -0.15) is 8.78 Å². The van der Waals surface area contributed by atoms with E-state index in [1.54, 1.807) is 0 Å². The van der Waals surface area contributed by atoms with E-state index in [-0.39, 0.29) is 6.42 Å². The number of esters is 2. The number of carbonyl (C=O) groups excluding carboxylic acids is 2. The van der Waals surface area contributed by atoms with Gasteiger partial charge in [-0.3, -0.25) is 9.59 Å². The van der Waals surface area contributed by atoms with E-state index in [9.17, 15) is 36.4 Å². The third-order valence-electron chi connectivity index (χ3n) is 4.36. The highest BCUT2D eigenvalue weighted by Gasteiger charge is 2.69. The minimum Gasteiger partial charge on any atom is -0.740 e. The second kappa shape index (κ2) is 4.11. The Morgan fingerprint density at radius 1 is 1.43 bits per heavy atom. The molecule has 8 nitrogen and oxygen atoms in total. The number of halogens is 2. The molecule has 2 bridgehead atoms. The predicted octanol–water partition coefficient (Wildman–Crippen LogP) is -1.21. The fourth-order valence-electron chi connectivity index (χ4n) is 3.58. The van der Waals surface area contributed by atoms with Crippen molar-refractivity contribution in [1.29, 1.82) is 0 Å². The number of ether oxygens (including phenoxy) is 2. The third-order valence-corrected chi connectivity index (χ3v) is 5.02. The number of alkyl halides is 2. The first-order valence-corrected chi connectivity index (χ1v) is 7.40. The topological polar surface area (TPSA) is 130 Å². The van der Waals surface area contributed by atoms with Crippen molar-refractivity contribution in [3.05, 3.63) is 0 Å². The Kier molecular flexibility index (Phi) is 2.86. The molecule has 2 saturated carbocycles. The van der Waals surface area contributed by atoms with Crippen LogP contribution in [-0.4, -0.2) is 47.7 Å². The molecule has 3 rings (SSSR count). The molecule has 118 valence electrons. The molecule has 0 spiro atoms. The molecule has 0 radical (unpaired) electrons. The number of hydrogen-bond acceptors (Lipinski definition) is 8. The molecule has 0 aromatic carbocycles. The van der Waals surface area contributed by atoms with Gasteiger partial charge in [0.15, 0.2) is 0 Å². The van der Waals surface area contributed by atoms with E-state index in [1.165, 1.54) is 0 Å². The number of aliphatic hydroxyl groups excluding tert-OH is 1. The molecule has 6 unspecified atom stereocenters. The number of rotatable bonds is 3. The molecule has 11 heteroatoms. The van der Waals surface area contributed by atoms with Gasteiger partial charge in [-0.15, -0.1) is 0 Å². The molecule has 0 aromatic rings. The second-order valence-corrected chi connectivity index (χ2v) is 6.73. The molecule has 1 N–H and O–H groups in total. The summed E-state index contributed by atoms with van der Waals surface area (Å²) in [4.78, 5) is 23.4. The highest BCUT2D eigenvalue weighted by atomic mass is 32.2. The van der Waals surface area contributed by atoms with Gasteiger partial charge in [-0.1, -0.05) is 0 Å². The van der Waals surface area contributed by atoms with E-state index >= 15 is 0 Å². The van der Waals surface area contributed by atoms with Gasteiger partial charge in [-0.05, 0) is 6.42 Å². The predicted molar refractivity (Wildman–Crippen MR) is 55.2 cm³/mol. The average molecular weight is 327 g/mol. The van der Waals surface area contributed by atoms with Crippen LogP contribution in [0.1, 0.15) is 6.42 Å². The summed E-state index contributed by atoms with van der Waals surface area (Å²) in [6.45, 7) is 0. The zero-order valence-electron chi connectivity index (χ0n) is 10.1. The normalized spacial score (nSPS) is 41.2. The van der Waals surface area contributed by atoms with E-state index in [0.717, 1.165) is 0 Å². The van der Waals surface area contributed by atoms with Gasteiger partial charge in [0.05, 0.1) is 17.9 Å². The van der Waals surface area contributed by atoms with E-state index in [2.05, 4.69) is 4.74 Å². The third kappa shape index (κ3) is 1.87. The second-order valence-electron chi connectivity index (χ2n) is 5.35. The minimum atomic E-state index is -6.19. The van der Waals surface area contributed by atoms with Crippen LogP contribution in [0.3, 0.4) is 0 Å². The molecular formula is C10H9F2O8S-. The summed E-state index contributed by atoms with van der Waals surface area (Å²) in [6, 6.07) is 0. The van der Waals surface area contributed by atoms with E-state index in [0.29, 0.717) is 0 Å². The van der Waals surface area contributed by atoms with Crippen molar-refractivity contribution in [3.63, 3.8) is 0 Å². The molecule has 1 aliphatic heterocycles. The van der Waals surface area contributed by atoms with Crippen molar-refractivity contribution >= 4 is 22.1 Å². The molecule has 3 aliphatic rings. The van der Waals surface area contributed by atoms with Crippen molar-refractivity contribution in [2.75, 3.05) is 0 Å². The van der Waals surface area contributed by atoms with Crippen molar-refractivity contribution in [2.45, 2.75) is 24.1 Å². The summed E-state index contributed by atoms with van der Waals surface area (Å²) < 4.78 is 65.3. The lowest BCUT2D eigenvalue weighted by Gasteiger charge is -2.28. The van der Waals surface area contributed by atoms with Crippen LogP contribution in [0, 0.1) is 23.7 Å². The summed E-state index contributed by atoms with van der Waals surface area (Å²) in [5.74, 6) is -6.35. The van der Waals surface area contributed by atoms with Crippen LogP contribution in [0.4, 0.5) is 8.78 Å².